The standard InChI is InChI=1S/C14H29NOS/c1-4-15-14(12(2)11-17-3)9-5-7-13-8-6-10-16-13/h12-15H,4-11H2,1-3H3. The Morgan fingerprint density at radius 1 is 1.47 bits per heavy atom. The number of hydrogen-bond acceptors (Lipinski definition) is 3. The van der Waals surface area contributed by atoms with Gasteiger partial charge in [0.05, 0.1) is 6.10 Å². The van der Waals surface area contributed by atoms with Gasteiger partial charge in [-0.2, -0.15) is 11.8 Å². The Bertz CT molecular complexity index is 183. The van der Waals surface area contributed by atoms with E-state index in [1.54, 1.807) is 0 Å². The van der Waals surface area contributed by atoms with Gasteiger partial charge in [0.25, 0.3) is 0 Å². The Morgan fingerprint density at radius 3 is 2.88 bits per heavy atom. The Hall–Kier alpha value is 0.270. The van der Waals surface area contributed by atoms with Gasteiger partial charge in [0, 0.05) is 12.6 Å². The van der Waals surface area contributed by atoms with Crippen molar-refractivity contribution in [2.24, 2.45) is 5.92 Å². The van der Waals surface area contributed by atoms with Crippen molar-refractivity contribution in [3.05, 3.63) is 0 Å². The highest BCUT2D eigenvalue weighted by molar-refractivity contribution is 7.98. The summed E-state index contributed by atoms with van der Waals surface area (Å²) in [7, 11) is 0. The van der Waals surface area contributed by atoms with E-state index in [1.165, 1.54) is 37.9 Å². The minimum atomic E-state index is 0.563. The molecule has 0 aromatic rings. The van der Waals surface area contributed by atoms with E-state index in [0.29, 0.717) is 12.1 Å². The number of thioether (sulfide) groups is 1. The first-order chi connectivity index (χ1) is 8.27. The van der Waals surface area contributed by atoms with Gasteiger partial charge in [-0.1, -0.05) is 13.8 Å². The van der Waals surface area contributed by atoms with Crippen LogP contribution in [0.25, 0.3) is 0 Å². The number of nitrogens with one attached hydrogen (secondary N) is 1. The van der Waals surface area contributed by atoms with Crippen molar-refractivity contribution in [1.82, 2.24) is 5.32 Å². The third-order valence-electron chi connectivity index (χ3n) is 3.65. The predicted octanol–water partition coefficient (Wildman–Crippen LogP) is 3.31. The van der Waals surface area contributed by atoms with E-state index in [-0.39, 0.29) is 0 Å². The SMILES string of the molecule is CCNC(CCCC1CCCO1)C(C)CSC. The summed E-state index contributed by atoms with van der Waals surface area (Å²) in [4.78, 5) is 0. The third-order valence-corrected chi connectivity index (χ3v) is 4.51. The van der Waals surface area contributed by atoms with E-state index in [2.05, 4.69) is 25.4 Å². The molecule has 0 radical (unpaired) electrons. The highest BCUT2D eigenvalue weighted by atomic mass is 32.2. The third kappa shape index (κ3) is 6.12. The van der Waals surface area contributed by atoms with Gasteiger partial charge >= 0.3 is 0 Å². The highest BCUT2D eigenvalue weighted by Crippen LogP contribution is 2.20. The zero-order valence-corrected chi connectivity index (χ0v) is 12.5. The minimum Gasteiger partial charge on any atom is -0.378 e. The predicted molar refractivity (Wildman–Crippen MR) is 77.8 cm³/mol. The molecule has 102 valence electrons. The quantitative estimate of drug-likeness (QED) is 0.686. The van der Waals surface area contributed by atoms with Gasteiger partial charge in [0.2, 0.25) is 0 Å². The Morgan fingerprint density at radius 2 is 2.29 bits per heavy atom. The molecular formula is C14H29NOS. The lowest BCUT2D eigenvalue weighted by Crippen LogP contribution is -2.36. The number of rotatable bonds is 9. The van der Waals surface area contributed by atoms with Gasteiger partial charge in [-0.25, -0.2) is 0 Å². The number of hydrogen-bond donors (Lipinski definition) is 1. The minimum absolute atomic E-state index is 0.563. The van der Waals surface area contributed by atoms with Crippen LogP contribution in [0.2, 0.25) is 0 Å². The summed E-state index contributed by atoms with van der Waals surface area (Å²) in [5.74, 6) is 2.03. The van der Waals surface area contributed by atoms with Crippen LogP contribution >= 0.6 is 11.8 Å². The fraction of sp³-hybridized carbons (Fsp3) is 1.00. The normalized spacial score (nSPS) is 23.8. The molecule has 1 rings (SSSR count). The van der Waals surface area contributed by atoms with Crippen LogP contribution in [0.4, 0.5) is 0 Å². The van der Waals surface area contributed by atoms with E-state index < -0.39 is 0 Å². The molecule has 0 spiro atoms. The summed E-state index contributed by atoms with van der Waals surface area (Å²) >= 11 is 1.96. The molecule has 1 aliphatic rings. The van der Waals surface area contributed by atoms with Crippen molar-refractivity contribution in [2.75, 3.05) is 25.2 Å². The monoisotopic (exact) mass is 259 g/mol. The van der Waals surface area contributed by atoms with Gasteiger partial charge in [-0.05, 0) is 56.6 Å². The summed E-state index contributed by atoms with van der Waals surface area (Å²) in [6, 6.07) is 0.689. The second kappa shape index (κ2) is 9.23. The van der Waals surface area contributed by atoms with Crippen molar-refractivity contribution < 1.29 is 4.74 Å². The van der Waals surface area contributed by atoms with Crippen LogP contribution in [0.3, 0.4) is 0 Å². The molecule has 1 N–H and O–H groups in total. The Balaban J connectivity index is 2.18. The Kier molecular flexibility index (Phi) is 8.33. The van der Waals surface area contributed by atoms with E-state index in [0.717, 1.165) is 19.1 Å². The van der Waals surface area contributed by atoms with Crippen LogP contribution < -0.4 is 5.32 Å². The first kappa shape index (κ1) is 15.3. The van der Waals surface area contributed by atoms with Gasteiger partial charge < -0.3 is 10.1 Å². The second-order valence-electron chi connectivity index (χ2n) is 5.16. The molecular weight excluding hydrogens is 230 g/mol. The van der Waals surface area contributed by atoms with Crippen molar-refractivity contribution in [2.45, 2.75) is 58.1 Å². The second-order valence-corrected chi connectivity index (χ2v) is 6.07. The summed E-state index contributed by atoms with van der Waals surface area (Å²) in [6.07, 6.45) is 9.18. The Labute approximate surface area is 111 Å². The van der Waals surface area contributed by atoms with Gasteiger partial charge in [-0.3, -0.25) is 0 Å². The van der Waals surface area contributed by atoms with Gasteiger partial charge in [0.1, 0.15) is 0 Å². The van der Waals surface area contributed by atoms with Crippen LogP contribution in [0.15, 0.2) is 0 Å². The molecule has 0 amide bonds. The zero-order valence-electron chi connectivity index (χ0n) is 11.7. The van der Waals surface area contributed by atoms with Crippen LogP contribution in [0, 0.1) is 5.92 Å². The summed E-state index contributed by atoms with van der Waals surface area (Å²) < 4.78 is 5.68. The molecule has 0 bridgehead atoms. The molecule has 1 fully saturated rings. The van der Waals surface area contributed by atoms with E-state index in [1.807, 2.05) is 11.8 Å². The van der Waals surface area contributed by atoms with Crippen LogP contribution in [-0.2, 0) is 4.74 Å². The fourth-order valence-electron chi connectivity index (χ4n) is 2.67. The van der Waals surface area contributed by atoms with Crippen molar-refractivity contribution in [1.29, 1.82) is 0 Å². The lowest BCUT2D eigenvalue weighted by molar-refractivity contribution is 0.101. The molecule has 17 heavy (non-hydrogen) atoms. The van der Waals surface area contributed by atoms with Crippen LogP contribution in [-0.4, -0.2) is 37.3 Å². The van der Waals surface area contributed by atoms with E-state index in [9.17, 15) is 0 Å². The molecule has 1 aliphatic heterocycles. The topological polar surface area (TPSA) is 21.3 Å². The van der Waals surface area contributed by atoms with Crippen molar-refractivity contribution >= 4 is 11.8 Å². The molecule has 0 aromatic carbocycles. The summed E-state index contributed by atoms with van der Waals surface area (Å²) in [6.45, 7) is 6.66. The average molecular weight is 259 g/mol. The molecule has 0 saturated carbocycles. The molecule has 3 atom stereocenters. The maximum atomic E-state index is 5.68. The number of ether oxygens (including phenoxy) is 1. The van der Waals surface area contributed by atoms with Gasteiger partial charge in [0.15, 0.2) is 0 Å². The molecule has 0 aliphatic carbocycles. The molecule has 1 heterocycles. The maximum Gasteiger partial charge on any atom is 0.0576 e. The zero-order chi connectivity index (χ0) is 12.5. The lowest BCUT2D eigenvalue weighted by atomic mass is 9.96. The van der Waals surface area contributed by atoms with Crippen molar-refractivity contribution in [3.63, 3.8) is 0 Å². The molecule has 1 saturated heterocycles. The van der Waals surface area contributed by atoms with E-state index in [4.69, 9.17) is 4.74 Å². The lowest BCUT2D eigenvalue weighted by Gasteiger charge is -2.24. The molecule has 3 unspecified atom stereocenters. The smallest absolute Gasteiger partial charge is 0.0576 e. The first-order valence-corrected chi connectivity index (χ1v) is 8.51. The van der Waals surface area contributed by atoms with Gasteiger partial charge in [-0.15, -0.1) is 0 Å². The highest BCUT2D eigenvalue weighted by Gasteiger charge is 2.18. The van der Waals surface area contributed by atoms with Crippen LogP contribution in [0.1, 0.15) is 46.0 Å². The van der Waals surface area contributed by atoms with Crippen molar-refractivity contribution in [3.8, 4) is 0 Å². The molecule has 0 aromatic heterocycles. The van der Waals surface area contributed by atoms with Crippen LogP contribution in [0.5, 0.6) is 0 Å². The summed E-state index contributed by atoms with van der Waals surface area (Å²) in [5.41, 5.74) is 0. The molecule has 3 heteroatoms. The largest absolute Gasteiger partial charge is 0.378 e. The fourth-order valence-corrected chi connectivity index (χ4v) is 3.42. The average Bonchev–Trinajstić information content (AvgIpc) is 2.81. The first-order valence-electron chi connectivity index (χ1n) is 7.11. The van der Waals surface area contributed by atoms with E-state index >= 15 is 0 Å². The maximum absolute atomic E-state index is 5.68. The summed E-state index contributed by atoms with van der Waals surface area (Å²) in [5, 5.41) is 3.64. The molecule has 2 nitrogen and oxygen atoms in total.